The van der Waals surface area contributed by atoms with Crippen molar-refractivity contribution in [1.29, 1.82) is 0 Å². The summed E-state index contributed by atoms with van der Waals surface area (Å²) in [6.07, 6.45) is 0. The lowest BCUT2D eigenvalue weighted by molar-refractivity contribution is 0.355. The van der Waals surface area contributed by atoms with Gasteiger partial charge in [0.15, 0.2) is 11.5 Å². The molecule has 1 aromatic heterocycles. The van der Waals surface area contributed by atoms with E-state index in [1.165, 1.54) is 11.3 Å². The second-order valence-corrected chi connectivity index (χ2v) is 8.10. The molecule has 0 radical (unpaired) electrons. The average Bonchev–Trinajstić information content (AvgIpc) is 3.18. The third-order valence-corrected chi connectivity index (χ3v) is 5.62. The molecule has 32 heavy (non-hydrogen) atoms. The Hall–Kier alpha value is -3.26. The van der Waals surface area contributed by atoms with Gasteiger partial charge in [0.05, 0.1) is 39.8 Å². The Morgan fingerprint density at radius 2 is 1.56 bits per heavy atom. The van der Waals surface area contributed by atoms with Gasteiger partial charge < -0.3 is 18.9 Å². The maximum absolute atomic E-state index is 5.62. The molecule has 3 aromatic rings. The smallest absolute Gasteiger partial charge is 0.206 e. The summed E-state index contributed by atoms with van der Waals surface area (Å²) in [5, 5.41) is 6.97. The van der Waals surface area contributed by atoms with Crippen LogP contribution in [0.5, 0.6) is 23.0 Å². The molecular formula is C24H29N3O4S. The zero-order valence-corrected chi connectivity index (χ0v) is 20.3. The van der Waals surface area contributed by atoms with Gasteiger partial charge in [-0.3, -0.25) is 4.99 Å². The van der Waals surface area contributed by atoms with Gasteiger partial charge >= 0.3 is 0 Å². The van der Waals surface area contributed by atoms with Crippen LogP contribution in [0.2, 0.25) is 0 Å². The van der Waals surface area contributed by atoms with Crippen LogP contribution in [0, 0.1) is 0 Å². The first-order chi connectivity index (χ1) is 15.4. The van der Waals surface area contributed by atoms with E-state index >= 15 is 0 Å². The van der Waals surface area contributed by atoms with Crippen LogP contribution in [-0.2, 0) is 0 Å². The predicted octanol–water partition coefficient (Wildman–Crippen LogP) is 4.83. The number of benzene rings is 2. The van der Waals surface area contributed by atoms with E-state index in [0.717, 1.165) is 38.8 Å². The molecule has 1 heterocycles. The maximum atomic E-state index is 5.62. The number of ether oxygens (including phenoxy) is 4. The Kier molecular flexibility index (Phi) is 7.58. The highest BCUT2D eigenvalue weighted by atomic mass is 32.1. The van der Waals surface area contributed by atoms with E-state index in [0.29, 0.717) is 11.5 Å². The van der Waals surface area contributed by atoms with Gasteiger partial charge in [0, 0.05) is 22.5 Å². The summed E-state index contributed by atoms with van der Waals surface area (Å²) in [4.78, 5) is 5.56. The lowest BCUT2D eigenvalue weighted by Crippen LogP contribution is -2.16. The Morgan fingerprint density at radius 1 is 0.875 bits per heavy atom. The minimum Gasteiger partial charge on any atom is -0.497 e. The van der Waals surface area contributed by atoms with Crippen molar-refractivity contribution in [2.24, 2.45) is 10.1 Å². The minimum atomic E-state index is 0.122. The normalized spacial score (nSPS) is 12.2. The van der Waals surface area contributed by atoms with E-state index in [1.54, 1.807) is 28.4 Å². The van der Waals surface area contributed by atoms with Crippen LogP contribution < -0.4 is 23.7 Å². The Balaban J connectivity index is 2.21. The van der Waals surface area contributed by atoms with Crippen LogP contribution in [0.1, 0.15) is 26.3 Å². The fraction of sp³-hybridized carbons (Fsp3) is 0.333. The first kappa shape index (κ1) is 23.4. The van der Waals surface area contributed by atoms with Gasteiger partial charge in [-0.1, -0.05) is 0 Å². The molecular weight excluding hydrogens is 426 g/mol. The van der Waals surface area contributed by atoms with Crippen LogP contribution in [0.3, 0.4) is 0 Å². The highest BCUT2D eigenvalue weighted by Crippen LogP contribution is 2.34. The van der Waals surface area contributed by atoms with Gasteiger partial charge in [-0.25, -0.2) is 4.68 Å². The SMILES string of the molecule is COc1ccc(OC)c(-c2csc(=NC(C)C)n2N=C(C)c2ccc(OC)c(OC)c2)c1. The molecule has 8 heteroatoms. The lowest BCUT2D eigenvalue weighted by Gasteiger charge is -2.12. The summed E-state index contributed by atoms with van der Waals surface area (Å²) in [5.41, 5.74) is 3.46. The van der Waals surface area contributed by atoms with Crippen molar-refractivity contribution in [3.05, 3.63) is 52.1 Å². The van der Waals surface area contributed by atoms with Gasteiger partial charge in [-0.2, -0.15) is 5.10 Å². The van der Waals surface area contributed by atoms with Crippen molar-refractivity contribution in [3.63, 3.8) is 0 Å². The quantitative estimate of drug-likeness (QED) is 0.456. The number of thiazole rings is 1. The first-order valence-corrected chi connectivity index (χ1v) is 11.0. The molecule has 0 atom stereocenters. The van der Waals surface area contributed by atoms with Crippen LogP contribution in [-0.4, -0.2) is 44.9 Å². The molecule has 0 unspecified atom stereocenters. The summed E-state index contributed by atoms with van der Waals surface area (Å²) in [5.74, 6) is 2.79. The van der Waals surface area contributed by atoms with E-state index in [-0.39, 0.29) is 6.04 Å². The number of hydrogen-bond acceptors (Lipinski definition) is 7. The topological polar surface area (TPSA) is 66.6 Å². The highest BCUT2D eigenvalue weighted by Gasteiger charge is 2.15. The van der Waals surface area contributed by atoms with E-state index in [4.69, 9.17) is 29.0 Å². The molecule has 0 saturated carbocycles. The van der Waals surface area contributed by atoms with E-state index in [9.17, 15) is 0 Å². The Bertz CT molecular complexity index is 1180. The molecule has 0 aliphatic heterocycles. The predicted molar refractivity (Wildman–Crippen MR) is 129 cm³/mol. The van der Waals surface area contributed by atoms with E-state index in [1.807, 2.05) is 67.2 Å². The number of nitrogens with zero attached hydrogens (tertiary/aromatic N) is 3. The highest BCUT2D eigenvalue weighted by molar-refractivity contribution is 7.07. The van der Waals surface area contributed by atoms with Gasteiger partial charge in [0.2, 0.25) is 4.80 Å². The largest absolute Gasteiger partial charge is 0.497 e. The first-order valence-electron chi connectivity index (χ1n) is 10.2. The molecule has 0 fully saturated rings. The van der Waals surface area contributed by atoms with Gasteiger partial charge in [0.25, 0.3) is 0 Å². The van der Waals surface area contributed by atoms with Gasteiger partial charge in [-0.05, 0) is 57.2 Å². The number of aromatic nitrogens is 1. The fourth-order valence-corrected chi connectivity index (χ4v) is 4.13. The van der Waals surface area contributed by atoms with Crippen molar-refractivity contribution >= 4 is 17.0 Å². The average molecular weight is 456 g/mol. The summed E-state index contributed by atoms with van der Waals surface area (Å²) < 4.78 is 23.7. The Labute approximate surface area is 192 Å². The standard InChI is InChI=1S/C24H29N3O4S/c1-15(2)25-24-27(26-16(3)17-8-10-22(30-6)23(12-17)31-7)20(14-32-24)19-13-18(28-4)9-11-21(19)29-5/h8-15H,1-7H3. The van der Waals surface area contributed by atoms with Crippen molar-refractivity contribution in [1.82, 2.24) is 4.68 Å². The second-order valence-electron chi connectivity index (χ2n) is 7.26. The molecule has 3 rings (SSSR count). The zero-order valence-electron chi connectivity index (χ0n) is 19.5. The monoisotopic (exact) mass is 455 g/mol. The molecule has 0 aliphatic carbocycles. The molecule has 0 saturated heterocycles. The summed E-state index contributed by atoms with van der Waals surface area (Å²) in [7, 11) is 6.54. The summed E-state index contributed by atoms with van der Waals surface area (Å²) in [6, 6.07) is 11.6. The van der Waals surface area contributed by atoms with E-state index < -0.39 is 0 Å². The van der Waals surface area contributed by atoms with Crippen LogP contribution in [0.15, 0.2) is 51.9 Å². The minimum absolute atomic E-state index is 0.122. The van der Waals surface area contributed by atoms with Crippen LogP contribution >= 0.6 is 11.3 Å². The molecule has 0 spiro atoms. The second kappa shape index (κ2) is 10.4. The molecule has 0 N–H and O–H groups in total. The zero-order chi connectivity index (χ0) is 23.3. The number of methoxy groups -OCH3 is 4. The lowest BCUT2D eigenvalue weighted by atomic mass is 10.1. The third kappa shape index (κ3) is 4.96. The molecule has 170 valence electrons. The molecule has 0 amide bonds. The van der Waals surface area contributed by atoms with Crippen molar-refractivity contribution in [2.75, 3.05) is 28.4 Å². The Morgan fingerprint density at radius 3 is 2.19 bits per heavy atom. The van der Waals surface area contributed by atoms with Crippen LogP contribution in [0.4, 0.5) is 0 Å². The third-order valence-electron chi connectivity index (χ3n) is 4.79. The molecule has 0 bridgehead atoms. The summed E-state index contributed by atoms with van der Waals surface area (Å²) in [6.45, 7) is 6.04. The van der Waals surface area contributed by atoms with Gasteiger partial charge in [0.1, 0.15) is 11.5 Å². The van der Waals surface area contributed by atoms with Gasteiger partial charge in [-0.15, -0.1) is 11.3 Å². The molecule has 2 aromatic carbocycles. The van der Waals surface area contributed by atoms with Crippen molar-refractivity contribution in [3.8, 4) is 34.3 Å². The fourth-order valence-electron chi connectivity index (χ4n) is 3.17. The van der Waals surface area contributed by atoms with Crippen LogP contribution in [0.25, 0.3) is 11.3 Å². The van der Waals surface area contributed by atoms with Crippen molar-refractivity contribution in [2.45, 2.75) is 26.8 Å². The van der Waals surface area contributed by atoms with Crippen molar-refractivity contribution < 1.29 is 18.9 Å². The number of hydrogen-bond donors (Lipinski definition) is 0. The number of rotatable bonds is 8. The molecule has 7 nitrogen and oxygen atoms in total. The summed E-state index contributed by atoms with van der Waals surface area (Å²) >= 11 is 1.53. The molecule has 0 aliphatic rings. The maximum Gasteiger partial charge on any atom is 0.206 e. The van der Waals surface area contributed by atoms with E-state index in [2.05, 4.69) is 0 Å².